The Balaban J connectivity index is 1.15. The summed E-state index contributed by atoms with van der Waals surface area (Å²) in [5, 5.41) is 13.5. The van der Waals surface area contributed by atoms with Gasteiger partial charge in [0.25, 0.3) is 6.08 Å². The highest BCUT2D eigenvalue weighted by molar-refractivity contribution is 7.23. The maximum atomic E-state index is 18.0. The number of ether oxygens (including phenoxy) is 4. The van der Waals surface area contributed by atoms with Crippen molar-refractivity contribution in [2.24, 2.45) is 5.41 Å². The van der Waals surface area contributed by atoms with Crippen molar-refractivity contribution in [2.45, 2.75) is 117 Å². The van der Waals surface area contributed by atoms with Crippen molar-refractivity contribution in [2.75, 3.05) is 49.5 Å². The number of hydrogen-bond acceptors (Lipinski definition) is 13. The van der Waals surface area contributed by atoms with Crippen molar-refractivity contribution in [3.05, 3.63) is 46.2 Å². The van der Waals surface area contributed by atoms with Gasteiger partial charge < -0.3 is 33.6 Å². The monoisotopic (exact) mass is 906 g/mol. The lowest BCUT2D eigenvalue weighted by Crippen LogP contribution is -2.56. The summed E-state index contributed by atoms with van der Waals surface area (Å²) in [6, 6.07) is 1.62. The number of pyridine rings is 1. The van der Waals surface area contributed by atoms with E-state index in [0.29, 0.717) is 67.9 Å². The molecule has 2 unspecified atom stereocenters. The second-order valence-corrected chi connectivity index (χ2v) is 20.5. The van der Waals surface area contributed by atoms with E-state index < -0.39 is 41.1 Å². The summed E-state index contributed by atoms with van der Waals surface area (Å²) in [5.74, 6) is -1.13. The third-order valence-electron chi connectivity index (χ3n) is 12.5. The fraction of sp³-hybridized carbons (Fsp3) is 0.556. The van der Waals surface area contributed by atoms with E-state index >= 15 is 8.78 Å². The molecule has 1 saturated carbocycles. The molecule has 5 aliphatic rings. The van der Waals surface area contributed by atoms with Gasteiger partial charge in [0.2, 0.25) is 0 Å². The van der Waals surface area contributed by atoms with Crippen LogP contribution >= 0.6 is 11.3 Å². The molecule has 4 aromatic rings. The average molecular weight is 907 g/mol. The summed E-state index contributed by atoms with van der Waals surface area (Å²) >= 11 is 0.814. The zero-order valence-electron chi connectivity index (χ0n) is 36.6. The zero-order chi connectivity index (χ0) is 45.5. The number of carbonyl (C=O) groups is 2. The van der Waals surface area contributed by atoms with Crippen LogP contribution in [0.5, 0.6) is 6.01 Å². The fourth-order valence-electron chi connectivity index (χ4n) is 9.45. The number of carbonyl (C=O) groups excluding carboxylic acids is 2. The number of halogens is 4. The van der Waals surface area contributed by atoms with E-state index in [1.807, 2.05) is 20.8 Å². The molecule has 0 spiro atoms. The van der Waals surface area contributed by atoms with Gasteiger partial charge in [-0.3, -0.25) is 10.3 Å². The largest absolute Gasteiger partial charge is 0.463 e. The van der Waals surface area contributed by atoms with Crippen LogP contribution in [0.15, 0.2) is 17.9 Å². The first-order valence-corrected chi connectivity index (χ1v) is 22.4. The van der Waals surface area contributed by atoms with Crippen molar-refractivity contribution in [1.29, 1.82) is 5.26 Å². The Morgan fingerprint density at radius 2 is 1.66 bits per heavy atom. The smallest absolute Gasteiger partial charge is 0.412 e. The second-order valence-electron chi connectivity index (χ2n) is 19.5. The standard InChI is InChI=1S/C45H50F4N8O6S/c1-43(2,3)62-41(58)54-39-26(15-50)31-34(51-16-29(46)36(31)64-39)30-27-19-60-20-28(27)32-35(33(30)47)52-40(61-22-45(11-12-45)21-55-13-9-23(10-14-55)37(48)49)53-38(32)57-24-7-8-25(57)18-56(17-24)42(59)63-44(4,5)6/h16,24-25H,7-14,17-22H2,1-6H3,(H,54,58). The van der Waals surface area contributed by atoms with Crippen LogP contribution in [0.1, 0.15) is 96.8 Å². The number of aromatic nitrogens is 3. The van der Waals surface area contributed by atoms with Crippen molar-refractivity contribution >= 4 is 55.3 Å². The molecule has 2 atom stereocenters. The third kappa shape index (κ3) is 8.39. The van der Waals surface area contributed by atoms with Gasteiger partial charge in [0.1, 0.15) is 33.6 Å². The van der Waals surface area contributed by atoms with Gasteiger partial charge in [-0.15, -0.1) is 11.3 Å². The minimum Gasteiger partial charge on any atom is -0.463 e. The molecule has 1 aliphatic carbocycles. The minimum atomic E-state index is -1.60. The molecule has 0 radical (unpaired) electrons. The van der Waals surface area contributed by atoms with E-state index in [1.54, 1.807) is 25.7 Å². The highest BCUT2D eigenvalue weighted by atomic mass is 32.1. The molecule has 1 aromatic carbocycles. The maximum Gasteiger partial charge on any atom is 0.412 e. The molecule has 64 heavy (non-hydrogen) atoms. The summed E-state index contributed by atoms with van der Waals surface area (Å²) < 4.78 is 83.8. The van der Waals surface area contributed by atoms with E-state index in [2.05, 4.69) is 26.2 Å². The Labute approximate surface area is 371 Å². The van der Waals surface area contributed by atoms with Crippen LogP contribution in [-0.4, -0.2) is 99.6 Å². The Kier molecular flexibility index (Phi) is 11.2. The number of anilines is 2. The van der Waals surface area contributed by atoms with Crippen LogP contribution in [0.25, 0.3) is 32.2 Å². The van der Waals surface area contributed by atoms with Crippen molar-refractivity contribution < 1.29 is 46.1 Å². The van der Waals surface area contributed by atoms with Crippen molar-refractivity contribution in [3.8, 4) is 23.3 Å². The average Bonchev–Trinajstić information content (AvgIpc) is 3.49. The topological polar surface area (TPSA) is 155 Å². The first kappa shape index (κ1) is 43.9. The highest BCUT2D eigenvalue weighted by Gasteiger charge is 2.47. The van der Waals surface area contributed by atoms with Crippen LogP contribution in [0.3, 0.4) is 0 Å². The number of piperidine rings is 1. The van der Waals surface area contributed by atoms with E-state index in [4.69, 9.17) is 28.9 Å². The molecule has 4 fully saturated rings. The van der Waals surface area contributed by atoms with Gasteiger partial charge in [-0.05, 0) is 96.8 Å². The number of nitrogens with zero attached hydrogens (tertiary/aromatic N) is 7. The molecular weight excluding hydrogens is 857 g/mol. The molecule has 2 bridgehead atoms. The van der Waals surface area contributed by atoms with Crippen LogP contribution in [0, 0.1) is 28.4 Å². The first-order chi connectivity index (χ1) is 30.3. The second kappa shape index (κ2) is 16.3. The fourth-order valence-corrected chi connectivity index (χ4v) is 10.5. The van der Waals surface area contributed by atoms with Gasteiger partial charge >= 0.3 is 18.2 Å². The quantitative estimate of drug-likeness (QED) is 0.168. The third-order valence-corrected chi connectivity index (χ3v) is 13.6. The number of hydrogen-bond donors (Lipinski definition) is 1. The molecule has 340 valence electrons. The molecular formula is C45H50F4N8O6S. The number of thiophene rings is 1. The van der Waals surface area contributed by atoms with Gasteiger partial charge in [0, 0.05) is 61.2 Å². The summed E-state index contributed by atoms with van der Waals surface area (Å²) in [6.07, 6.45) is 1.90. The number of fused-ring (bicyclic) bond motifs is 6. The van der Waals surface area contributed by atoms with Crippen LogP contribution in [0.4, 0.5) is 38.0 Å². The summed E-state index contributed by atoms with van der Waals surface area (Å²) in [7, 11) is 0. The molecule has 7 heterocycles. The van der Waals surface area contributed by atoms with E-state index in [0.717, 1.165) is 43.2 Å². The van der Waals surface area contributed by atoms with Gasteiger partial charge in [0.05, 0.1) is 47.4 Å². The predicted octanol–water partition coefficient (Wildman–Crippen LogP) is 9.43. The lowest BCUT2D eigenvalue weighted by molar-refractivity contribution is 0.0209. The number of piperazine rings is 1. The van der Waals surface area contributed by atoms with Crippen LogP contribution < -0.4 is 15.0 Å². The summed E-state index contributed by atoms with van der Waals surface area (Å²) in [4.78, 5) is 46.4. The number of nitrogens with one attached hydrogen (secondary N) is 1. The van der Waals surface area contributed by atoms with Crippen molar-refractivity contribution in [1.82, 2.24) is 24.8 Å². The lowest BCUT2D eigenvalue weighted by Gasteiger charge is -2.42. The molecule has 2 amide bonds. The Hall–Kier alpha value is -5.32. The predicted molar refractivity (Wildman–Crippen MR) is 230 cm³/mol. The number of rotatable bonds is 8. The normalized spacial score (nSPS) is 20.7. The molecule has 3 aromatic heterocycles. The number of amides is 2. The van der Waals surface area contributed by atoms with Gasteiger partial charge in [-0.25, -0.2) is 18.4 Å². The maximum absolute atomic E-state index is 18.0. The molecule has 4 aliphatic heterocycles. The number of likely N-dealkylation sites (tertiary alicyclic amines) is 2. The Bertz CT molecular complexity index is 2620. The van der Waals surface area contributed by atoms with Gasteiger partial charge in [-0.1, -0.05) is 0 Å². The van der Waals surface area contributed by atoms with E-state index in [1.165, 1.54) is 0 Å². The SMILES string of the molecule is CC(C)(C)OC(=O)Nc1sc2c(F)cnc(-c3c4c(c5c(N6C7CCC6CN(C(=O)OC(C)(C)C)C7)nc(OCC6(CN7CCC(=C(F)F)CC7)CC6)nc5c3F)COC4)c2c1C#N. The molecule has 1 N–H and O–H groups in total. The van der Waals surface area contributed by atoms with Crippen LogP contribution in [0.2, 0.25) is 0 Å². The van der Waals surface area contributed by atoms with E-state index in [-0.39, 0.29) is 86.3 Å². The lowest BCUT2D eigenvalue weighted by atomic mass is 9.93. The van der Waals surface area contributed by atoms with Gasteiger partial charge in [-0.2, -0.15) is 24.0 Å². The molecule has 3 saturated heterocycles. The Morgan fingerprint density at radius 1 is 0.984 bits per heavy atom. The van der Waals surface area contributed by atoms with Crippen LogP contribution in [-0.2, 0) is 27.4 Å². The molecule has 9 rings (SSSR count). The zero-order valence-corrected chi connectivity index (χ0v) is 37.4. The summed E-state index contributed by atoms with van der Waals surface area (Å²) in [6.45, 7) is 13.1. The minimum absolute atomic E-state index is 0.0122. The number of benzene rings is 1. The highest BCUT2D eigenvalue weighted by Crippen LogP contribution is 2.50. The molecule has 14 nitrogen and oxygen atoms in total. The summed E-state index contributed by atoms with van der Waals surface area (Å²) in [5.41, 5.74) is -0.821. The Morgan fingerprint density at radius 3 is 2.28 bits per heavy atom. The van der Waals surface area contributed by atoms with Gasteiger partial charge in [0.15, 0.2) is 11.6 Å². The number of nitriles is 1. The first-order valence-electron chi connectivity index (χ1n) is 21.6. The molecule has 19 heteroatoms. The van der Waals surface area contributed by atoms with Crippen molar-refractivity contribution in [3.63, 3.8) is 0 Å². The van der Waals surface area contributed by atoms with E-state index in [9.17, 15) is 23.6 Å².